The Morgan fingerprint density at radius 1 is 1.14 bits per heavy atom. The molecule has 112 valence electrons. The molecular formula is C16H20N2O3. The number of hydrogen-bond acceptors (Lipinski definition) is 3. The van der Waals surface area contributed by atoms with Gasteiger partial charge in [0, 0.05) is 44.0 Å². The Bertz CT molecular complexity index is 629. The van der Waals surface area contributed by atoms with Crippen LogP contribution in [-0.4, -0.2) is 53.4 Å². The first kappa shape index (κ1) is 14.1. The molecule has 0 spiro atoms. The Morgan fingerprint density at radius 2 is 1.90 bits per heavy atom. The van der Waals surface area contributed by atoms with E-state index in [1.807, 2.05) is 12.3 Å². The normalized spacial score (nSPS) is 16.4. The molecule has 2 aromatic rings. The van der Waals surface area contributed by atoms with Crippen molar-refractivity contribution in [3.63, 3.8) is 0 Å². The SMILES string of the molecule is O=C(O)c1ccc2cn(CCCN3CCOCC3)cc2c1. The number of ether oxygens (including phenoxy) is 1. The van der Waals surface area contributed by atoms with Gasteiger partial charge in [0.1, 0.15) is 0 Å². The lowest BCUT2D eigenvalue weighted by atomic mass is 10.1. The Hall–Kier alpha value is -1.85. The topological polar surface area (TPSA) is 54.7 Å². The molecule has 1 aliphatic heterocycles. The van der Waals surface area contributed by atoms with Gasteiger partial charge in [0.15, 0.2) is 0 Å². The van der Waals surface area contributed by atoms with Crippen molar-refractivity contribution >= 4 is 16.7 Å². The minimum atomic E-state index is -0.878. The lowest BCUT2D eigenvalue weighted by Crippen LogP contribution is -2.37. The van der Waals surface area contributed by atoms with E-state index in [1.54, 1.807) is 12.1 Å². The molecule has 1 N–H and O–H groups in total. The van der Waals surface area contributed by atoms with Crippen LogP contribution in [0.1, 0.15) is 16.8 Å². The van der Waals surface area contributed by atoms with Gasteiger partial charge in [-0.15, -0.1) is 0 Å². The highest BCUT2D eigenvalue weighted by atomic mass is 16.5. The molecule has 1 fully saturated rings. The third-order valence-electron chi connectivity index (χ3n) is 3.94. The number of carboxylic acids is 1. The predicted octanol–water partition coefficient (Wildman–Crippen LogP) is 2.06. The zero-order valence-electron chi connectivity index (χ0n) is 12.0. The number of carboxylic acid groups (broad SMARTS) is 1. The van der Waals surface area contributed by atoms with Crippen LogP contribution in [0.3, 0.4) is 0 Å². The van der Waals surface area contributed by atoms with Gasteiger partial charge in [-0.25, -0.2) is 4.79 Å². The minimum absolute atomic E-state index is 0.341. The van der Waals surface area contributed by atoms with Gasteiger partial charge in [-0.1, -0.05) is 6.07 Å². The number of aryl methyl sites for hydroxylation is 1. The molecule has 0 atom stereocenters. The zero-order valence-corrected chi connectivity index (χ0v) is 12.0. The molecule has 0 saturated carbocycles. The van der Waals surface area contributed by atoms with Gasteiger partial charge in [-0.2, -0.15) is 0 Å². The van der Waals surface area contributed by atoms with Crippen LogP contribution in [0.15, 0.2) is 30.6 Å². The molecule has 0 unspecified atom stereocenters. The van der Waals surface area contributed by atoms with E-state index < -0.39 is 5.97 Å². The Labute approximate surface area is 123 Å². The largest absolute Gasteiger partial charge is 0.478 e. The first-order valence-corrected chi connectivity index (χ1v) is 7.35. The summed E-state index contributed by atoms with van der Waals surface area (Å²) in [5.41, 5.74) is 0.341. The number of benzene rings is 1. The molecule has 2 heterocycles. The summed E-state index contributed by atoms with van der Waals surface area (Å²) >= 11 is 0. The summed E-state index contributed by atoms with van der Waals surface area (Å²) in [6.45, 7) is 5.76. The maximum Gasteiger partial charge on any atom is 0.335 e. The summed E-state index contributed by atoms with van der Waals surface area (Å²) in [4.78, 5) is 13.4. The molecule has 5 heteroatoms. The minimum Gasteiger partial charge on any atom is -0.478 e. The van der Waals surface area contributed by atoms with Crippen LogP contribution >= 0.6 is 0 Å². The monoisotopic (exact) mass is 288 g/mol. The number of aromatic nitrogens is 1. The van der Waals surface area contributed by atoms with Crippen molar-refractivity contribution in [1.82, 2.24) is 9.47 Å². The van der Waals surface area contributed by atoms with Gasteiger partial charge in [-0.3, -0.25) is 4.90 Å². The third-order valence-corrected chi connectivity index (χ3v) is 3.94. The van der Waals surface area contributed by atoms with E-state index in [2.05, 4.69) is 15.7 Å². The van der Waals surface area contributed by atoms with Crippen LogP contribution in [0.4, 0.5) is 0 Å². The van der Waals surface area contributed by atoms with Gasteiger partial charge in [0.2, 0.25) is 0 Å². The van der Waals surface area contributed by atoms with Gasteiger partial charge in [-0.05, 0) is 23.9 Å². The Kier molecular flexibility index (Phi) is 4.22. The summed E-state index contributed by atoms with van der Waals surface area (Å²) in [7, 11) is 0. The average molecular weight is 288 g/mol. The van der Waals surface area contributed by atoms with Crippen molar-refractivity contribution in [2.75, 3.05) is 32.8 Å². The van der Waals surface area contributed by atoms with E-state index in [0.717, 1.165) is 56.6 Å². The van der Waals surface area contributed by atoms with Crippen molar-refractivity contribution in [3.05, 3.63) is 36.2 Å². The number of aromatic carboxylic acids is 1. The highest BCUT2D eigenvalue weighted by Crippen LogP contribution is 2.18. The van der Waals surface area contributed by atoms with E-state index >= 15 is 0 Å². The Morgan fingerprint density at radius 3 is 2.67 bits per heavy atom. The summed E-state index contributed by atoms with van der Waals surface area (Å²) in [5.74, 6) is -0.878. The van der Waals surface area contributed by atoms with Gasteiger partial charge < -0.3 is 14.4 Å². The molecule has 1 aromatic heterocycles. The average Bonchev–Trinajstić information content (AvgIpc) is 2.90. The molecule has 5 nitrogen and oxygen atoms in total. The first-order chi connectivity index (χ1) is 10.2. The second-order valence-electron chi connectivity index (χ2n) is 5.45. The molecule has 1 aliphatic rings. The summed E-state index contributed by atoms with van der Waals surface area (Å²) in [6.07, 6.45) is 5.20. The molecule has 0 bridgehead atoms. The van der Waals surface area contributed by atoms with E-state index in [4.69, 9.17) is 9.84 Å². The maximum atomic E-state index is 11.0. The van der Waals surface area contributed by atoms with E-state index in [-0.39, 0.29) is 0 Å². The van der Waals surface area contributed by atoms with E-state index in [0.29, 0.717) is 5.56 Å². The lowest BCUT2D eigenvalue weighted by Gasteiger charge is -2.26. The number of nitrogens with zero attached hydrogens (tertiary/aromatic N) is 2. The maximum absolute atomic E-state index is 11.0. The van der Waals surface area contributed by atoms with Crippen LogP contribution in [0.2, 0.25) is 0 Å². The van der Waals surface area contributed by atoms with Crippen LogP contribution in [-0.2, 0) is 11.3 Å². The molecule has 0 aliphatic carbocycles. The van der Waals surface area contributed by atoms with E-state index in [9.17, 15) is 4.79 Å². The summed E-state index contributed by atoms with van der Waals surface area (Å²) < 4.78 is 7.49. The van der Waals surface area contributed by atoms with Crippen LogP contribution < -0.4 is 0 Å². The standard InChI is InChI=1S/C16H20N2O3/c19-16(20)13-2-3-14-11-18(12-15(14)10-13)5-1-4-17-6-8-21-9-7-17/h2-3,10-12H,1,4-9H2,(H,19,20). The molecule has 0 radical (unpaired) electrons. The highest BCUT2D eigenvalue weighted by Gasteiger charge is 2.10. The fraction of sp³-hybridized carbons (Fsp3) is 0.438. The summed E-state index contributed by atoms with van der Waals surface area (Å²) in [6, 6.07) is 5.26. The smallest absolute Gasteiger partial charge is 0.335 e. The second-order valence-corrected chi connectivity index (χ2v) is 5.45. The van der Waals surface area contributed by atoms with Crippen molar-refractivity contribution in [2.24, 2.45) is 0 Å². The number of carbonyl (C=O) groups is 1. The number of fused-ring (bicyclic) bond motifs is 1. The first-order valence-electron chi connectivity index (χ1n) is 7.35. The second kappa shape index (κ2) is 6.28. The van der Waals surface area contributed by atoms with Crippen LogP contribution in [0, 0.1) is 0 Å². The van der Waals surface area contributed by atoms with Crippen LogP contribution in [0.5, 0.6) is 0 Å². The summed E-state index contributed by atoms with van der Waals surface area (Å²) in [5, 5.41) is 11.1. The number of rotatable bonds is 5. The molecular weight excluding hydrogens is 268 g/mol. The third kappa shape index (κ3) is 3.43. The number of hydrogen-bond donors (Lipinski definition) is 1. The van der Waals surface area contributed by atoms with E-state index in [1.165, 1.54) is 0 Å². The highest BCUT2D eigenvalue weighted by molar-refractivity contribution is 5.94. The van der Waals surface area contributed by atoms with Gasteiger partial charge in [0.25, 0.3) is 0 Å². The molecule has 1 saturated heterocycles. The zero-order chi connectivity index (χ0) is 14.7. The fourth-order valence-electron chi connectivity index (χ4n) is 2.76. The van der Waals surface area contributed by atoms with Crippen molar-refractivity contribution in [2.45, 2.75) is 13.0 Å². The number of morpholine rings is 1. The van der Waals surface area contributed by atoms with Gasteiger partial charge >= 0.3 is 5.97 Å². The van der Waals surface area contributed by atoms with Crippen LogP contribution in [0.25, 0.3) is 10.8 Å². The quantitative estimate of drug-likeness (QED) is 0.915. The predicted molar refractivity (Wildman–Crippen MR) is 80.8 cm³/mol. The Balaban J connectivity index is 1.60. The van der Waals surface area contributed by atoms with Crippen molar-refractivity contribution in [3.8, 4) is 0 Å². The van der Waals surface area contributed by atoms with Gasteiger partial charge in [0.05, 0.1) is 18.8 Å². The van der Waals surface area contributed by atoms with Crippen molar-refractivity contribution in [1.29, 1.82) is 0 Å². The molecule has 3 rings (SSSR count). The molecule has 0 amide bonds. The molecule has 1 aromatic carbocycles. The van der Waals surface area contributed by atoms with Crippen molar-refractivity contribution < 1.29 is 14.6 Å². The fourth-order valence-corrected chi connectivity index (χ4v) is 2.76. The lowest BCUT2D eigenvalue weighted by molar-refractivity contribution is 0.0369. The molecule has 21 heavy (non-hydrogen) atoms.